The number of likely N-dealkylation sites (tertiary alicyclic amines) is 1. The molecule has 4 heterocycles. The summed E-state index contributed by atoms with van der Waals surface area (Å²) in [5.41, 5.74) is 0.600. The zero-order chi connectivity index (χ0) is 21.4. The Hall–Kier alpha value is -3.46. The molecule has 0 radical (unpaired) electrons. The van der Waals surface area contributed by atoms with Crippen LogP contribution in [0, 0.1) is 5.92 Å². The minimum Gasteiger partial charge on any atom is -0.339 e. The van der Waals surface area contributed by atoms with Gasteiger partial charge in [0.1, 0.15) is 10.8 Å². The van der Waals surface area contributed by atoms with Gasteiger partial charge in [0.05, 0.1) is 5.56 Å². The van der Waals surface area contributed by atoms with Gasteiger partial charge in [-0.3, -0.25) is 9.59 Å². The quantitative estimate of drug-likeness (QED) is 0.514. The van der Waals surface area contributed by atoms with Crippen LogP contribution in [0.4, 0.5) is 0 Å². The van der Waals surface area contributed by atoms with Crippen molar-refractivity contribution in [3.8, 4) is 5.00 Å². The van der Waals surface area contributed by atoms with Gasteiger partial charge in [-0.05, 0) is 42.3 Å². The van der Waals surface area contributed by atoms with E-state index in [-0.39, 0.29) is 17.2 Å². The second kappa shape index (κ2) is 7.99. The summed E-state index contributed by atoms with van der Waals surface area (Å²) in [6.07, 6.45) is 2.31. The number of carbonyl (C=O) groups is 1. The molecule has 2 N–H and O–H groups in total. The number of amides is 1. The predicted octanol–water partition coefficient (Wildman–Crippen LogP) is 2.56. The lowest BCUT2D eigenvalue weighted by Crippen LogP contribution is -2.39. The van der Waals surface area contributed by atoms with E-state index in [1.54, 1.807) is 10.6 Å². The summed E-state index contributed by atoms with van der Waals surface area (Å²) >= 11 is 1.50. The third-order valence-corrected chi connectivity index (χ3v) is 6.68. The molecule has 31 heavy (non-hydrogen) atoms. The van der Waals surface area contributed by atoms with Crippen molar-refractivity contribution in [1.82, 2.24) is 24.6 Å². The monoisotopic (exact) mass is 435 g/mol. The minimum absolute atomic E-state index is 0.115. The van der Waals surface area contributed by atoms with Crippen LogP contribution in [0.5, 0.6) is 0 Å². The van der Waals surface area contributed by atoms with Crippen LogP contribution in [-0.2, 0) is 6.42 Å². The van der Waals surface area contributed by atoms with Gasteiger partial charge in [0.25, 0.3) is 5.91 Å². The van der Waals surface area contributed by atoms with Crippen LogP contribution in [0.25, 0.3) is 15.9 Å². The van der Waals surface area contributed by atoms with Crippen LogP contribution in [0.15, 0.2) is 57.4 Å². The third-order valence-electron chi connectivity index (χ3n) is 5.82. The Morgan fingerprint density at radius 1 is 1.13 bits per heavy atom. The molecule has 0 atom stereocenters. The Morgan fingerprint density at radius 3 is 2.71 bits per heavy atom. The van der Waals surface area contributed by atoms with Gasteiger partial charge in [-0.25, -0.2) is 14.5 Å². The van der Waals surface area contributed by atoms with E-state index in [4.69, 9.17) is 0 Å². The Kier molecular flexibility index (Phi) is 5.03. The summed E-state index contributed by atoms with van der Waals surface area (Å²) in [5.74, 6) is 0.933. The molecule has 1 aromatic carbocycles. The average molecular weight is 436 g/mol. The van der Waals surface area contributed by atoms with Gasteiger partial charge in [0, 0.05) is 36.5 Å². The van der Waals surface area contributed by atoms with Gasteiger partial charge in [-0.15, -0.1) is 11.3 Å². The molecule has 0 saturated carbocycles. The van der Waals surface area contributed by atoms with Crippen molar-refractivity contribution >= 4 is 28.1 Å². The Labute approximate surface area is 181 Å². The molecule has 158 valence electrons. The van der Waals surface area contributed by atoms with Gasteiger partial charge in [-0.1, -0.05) is 18.2 Å². The van der Waals surface area contributed by atoms with Gasteiger partial charge in [0.2, 0.25) is 5.56 Å². The highest BCUT2D eigenvalue weighted by molar-refractivity contribution is 7.12. The van der Waals surface area contributed by atoms with E-state index in [1.165, 1.54) is 17.4 Å². The molecular formula is C22H21N5O3S. The maximum absolute atomic E-state index is 13.2. The number of benzene rings is 1. The van der Waals surface area contributed by atoms with Crippen molar-refractivity contribution in [3.63, 3.8) is 0 Å². The summed E-state index contributed by atoms with van der Waals surface area (Å²) < 4.78 is 1.63. The molecule has 1 fully saturated rings. The van der Waals surface area contributed by atoms with E-state index in [0.29, 0.717) is 36.5 Å². The van der Waals surface area contributed by atoms with Crippen LogP contribution in [0.3, 0.4) is 0 Å². The van der Waals surface area contributed by atoms with Crippen LogP contribution in [-0.4, -0.2) is 43.6 Å². The van der Waals surface area contributed by atoms with Crippen LogP contribution < -0.4 is 11.2 Å². The molecule has 0 unspecified atom stereocenters. The van der Waals surface area contributed by atoms with Crippen LogP contribution in [0.1, 0.15) is 29.0 Å². The number of aromatic amines is 2. The highest BCUT2D eigenvalue weighted by Crippen LogP contribution is 2.25. The second-order valence-electron chi connectivity index (χ2n) is 7.76. The number of rotatable bonds is 4. The van der Waals surface area contributed by atoms with Gasteiger partial charge in [-0.2, -0.15) is 5.10 Å². The zero-order valence-electron chi connectivity index (χ0n) is 16.7. The van der Waals surface area contributed by atoms with E-state index >= 15 is 0 Å². The number of piperidine rings is 1. The zero-order valence-corrected chi connectivity index (χ0v) is 17.5. The Bertz CT molecular complexity index is 1340. The van der Waals surface area contributed by atoms with Crippen molar-refractivity contribution in [2.75, 3.05) is 13.1 Å². The van der Waals surface area contributed by atoms with Gasteiger partial charge < -0.3 is 9.88 Å². The van der Waals surface area contributed by atoms with E-state index < -0.39 is 0 Å². The molecule has 8 nitrogen and oxygen atoms in total. The number of nitrogens with zero attached hydrogens (tertiary/aromatic N) is 3. The minimum atomic E-state index is -0.276. The Morgan fingerprint density at radius 2 is 1.94 bits per heavy atom. The molecule has 9 heteroatoms. The van der Waals surface area contributed by atoms with Crippen molar-refractivity contribution in [3.05, 3.63) is 80.1 Å². The summed E-state index contributed by atoms with van der Waals surface area (Å²) in [6.45, 7) is 1.22. The standard InChI is InChI=1S/C22H21N5O3S/c28-19-13-16(15-4-1-2-5-17(15)23-19)21(29)26-9-7-14(8-10-26)12-18-24-25-22(30)27(18)20-6-3-11-31-20/h1-6,11,13-14H,7-10,12H2,(H,23,28)(H,25,30). The molecule has 0 spiro atoms. The number of H-pyrrole nitrogens is 2. The summed E-state index contributed by atoms with van der Waals surface area (Å²) in [7, 11) is 0. The van der Waals surface area contributed by atoms with Crippen molar-refractivity contribution in [1.29, 1.82) is 0 Å². The maximum atomic E-state index is 13.2. The number of hydrogen-bond donors (Lipinski definition) is 2. The van der Waals surface area contributed by atoms with E-state index in [2.05, 4.69) is 15.2 Å². The normalized spacial score (nSPS) is 14.9. The molecule has 4 aromatic rings. The molecule has 0 aliphatic carbocycles. The average Bonchev–Trinajstić information content (AvgIpc) is 3.43. The highest BCUT2D eigenvalue weighted by Gasteiger charge is 2.26. The SMILES string of the molecule is O=C(c1cc(=O)[nH]c2ccccc12)N1CCC(Cc2n[nH]c(=O)n2-c2cccs2)CC1. The summed E-state index contributed by atoms with van der Waals surface area (Å²) in [5, 5.41) is 10.3. The van der Waals surface area contributed by atoms with E-state index in [0.717, 1.165) is 29.1 Å². The smallest absolute Gasteiger partial charge is 0.339 e. The molecule has 1 amide bonds. The largest absolute Gasteiger partial charge is 0.348 e. The number of fused-ring (bicyclic) bond motifs is 1. The third kappa shape index (κ3) is 3.72. The number of hydrogen-bond acceptors (Lipinski definition) is 5. The Balaban J connectivity index is 1.30. The summed E-state index contributed by atoms with van der Waals surface area (Å²) in [6, 6.07) is 12.6. The fraction of sp³-hybridized carbons (Fsp3) is 0.273. The lowest BCUT2D eigenvalue weighted by Gasteiger charge is -2.32. The first-order valence-electron chi connectivity index (χ1n) is 10.2. The first-order chi connectivity index (χ1) is 15.1. The van der Waals surface area contributed by atoms with Crippen LogP contribution >= 0.6 is 11.3 Å². The number of pyridine rings is 1. The molecule has 5 rings (SSSR count). The first kappa shape index (κ1) is 19.5. The van der Waals surface area contributed by atoms with Gasteiger partial charge >= 0.3 is 5.69 Å². The maximum Gasteiger partial charge on any atom is 0.348 e. The fourth-order valence-electron chi connectivity index (χ4n) is 4.24. The van der Waals surface area contributed by atoms with Gasteiger partial charge in [0.15, 0.2) is 0 Å². The molecule has 1 aliphatic heterocycles. The predicted molar refractivity (Wildman–Crippen MR) is 119 cm³/mol. The van der Waals surface area contributed by atoms with E-state index in [1.807, 2.05) is 40.6 Å². The molecular weight excluding hydrogens is 414 g/mol. The van der Waals surface area contributed by atoms with Crippen molar-refractivity contribution in [2.45, 2.75) is 19.3 Å². The number of nitrogens with one attached hydrogen (secondary N) is 2. The number of aromatic nitrogens is 4. The lowest BCUT2D eigenvalue weighted by molar-refractivity contribution is 0.0691. The van der Waals surface area contributed by atoms with E-state index in [9.17, 15) is 14.4 Å². The lowest BCUT2D eigenvalue weighted by atomic mass is 9.92. The topological polar surface area (TPSA) is 104 Å². The number of para-hydroxylation sites is 1. The van der Waals surface area contributed by atoms with Crippen LogP contribution in [0.2, 0.25) is 0 Å². The first-order valence-corrected chi connectivity index (χ1v) is 11.1. The molecule has 3 aromatic heterocycles. The van der Waals surface area contributed by atoms with Crippen molar-refractivity contribution in [2.24, 2.45) is 5.92 Å². The van der Waals surface area contributed by atoms with Crippen molar-refractivity contribution < 1.29 is 4.79 Å². The molecule has 1 saturated heterocycles. The molecule has 0 bridgehead atoms. The second-order valence-corrected chi connectivity index (χ2v) is 8.69. The fourth-order valence-corrected chi connectivity index (χ4v) is 4.99. The summed E-state index contributed by atoms with van der Waals surface area (Å²) in [4.78, 5) is 41.9. The highest BCUT2D eigenvalue weighted by atomic mass is 32.1. The number of thiophene rings is 1. The number of carbonyl (C=O) groups excluding carboxylic acids is 1. The molecule has 1 aliphatic rings.